The molecule has 3 aromatic rings. The number of aromatic nitrogens is 3. The molecular formula is C20H20N4O2. The van der Waals surface area contributed by atoms with Crippen molar-refractivity contribution in [3.8, 4) is 11.4 Å². The molecule has 1 amide bonds. The molecule has 6 heteroatoms. The van der Waals surface area contributed by atoms with Crippen molar-refractivity contribution in [3.05, 3.63) is 71.3 Å². The van der Waals surface area contributed by atoms with Gasteiger partial charge in [-0.3, -0.25) is 4.79 Å². The summed E-state index contributed by atoms with van der Waals surface area (Å²) < 4.78 is 1.61. The van der Waals surface area contributed by atoms with Crippen molar-refractivity contribution in [3.63, 3.8) is 0 Å². The molecular weight excluding hydrogens is 328 g/mol. The van der Waals surface area contributed by atoms with E-state index in [1.165, 1.54) is 23.9 Å². The highest BCUT2D eigenvalue weighted by Crippen LogP contribution is 2.30. The van der Waals surface area contributed by atoms with Crippen molar-refractivity contribution in [1.82, 2.24) is 20.1 Å². The Bertz CT molecular complexity index is 935. The summed E-state index contributed by atoms with van der Waals surface area (Å²) in [5, 5.41) is 17.3. The molecule has 0 aliphatic heterocycles. The molecule has 2 aromatic carbocycles. The minimum absolute atomic E-state index is 0.181. The van der Waals surface area contributed by atoms with E-state index in [-0.39, 0.29) is 11.7 Å². The Kier molecular flexibility index (Phi) is 4.39. The van der Waals surface area contributed by atoms with Crippen molar-refractivity contribution in [1.29, 1.82) is 0 Å². The number of nitrogens with zero attached hydrogens (tertiary/aromatic N) is 3. The average molecular weight is 348 g/mol. The molecule has 0 radical (unpaired) electrons. The third kappa shape index (κ3) is 3.18. The number of carbonyl (C=O) groups excluding carboxylic acids is 1. The van der Waals surface area contributed by atoms with Crippen LogP contribution >= 0.6 is 0 Å². The van der Waals surface area contributed by atoms with Gasteiger partial charge in [-0.05, 0) is 61.1 Å². The van der Waals surface area contributed by atoms with E-state index in [4.69, 9.17) is 0 Å². The molecule has 132 valence electrons. The van der Waals surface area contributed by atoms with Crippen LogP contribution in [0, 0.1) is 0 Å². The number of hydrogen-bond acceptors (Lipinski definition) is 4. The van der Waals surface area contributed by atoms with E-state index in [2.05, 4.69) is 15.4 Å². The summed E-state index contributed by atoms with van der Waals surface area (Å²) in [6, 6.07) is 10.9. The second-order valence-electron chi connectivity index (χ2n) is 6.48. The minimum atomic E-state index is -0.181. The van der Waals surface area contributed by atoms with Crippen molar-refractivity contribution < 1.29 is 9.90 Å². The highest BCUT2D eigenvalue weighted by Gasteiger charge is 2.17. The first-order chi connectivity index (χ1) is 12.7. The fourth-order valence-electron chi connectivity index (χ4n) is 3.49. The molecule has 0 atom stereocenters. The molecule has 0 bridgehead atoms. The highest BCUT2D eigenvalue weighted by molar-refractivity contribution is 5.94. The number of rotatable bonds is 4. The first-order valence-electron chi connectivity index (χ1n) is 8.78. The fourth-order valence-corrected chi connectivity index (χ4v) is 3.49. The quantitative estimate of drug-likeness (QED) is 0.760. The third-order valence-corrected chi connectivity index (χ3v) is 4.84. The smallest absolute Gasteiger partial charge is 0.251 e. The maximum atomic E-state index is 12.6. The molecule has 4 rings (SSSR count). The third-order valence-electron chi connectivity index (χ3n) is 4.84. The number of hydrogen-bond donors (Lipinski definition) is 2. The predicted molar refractivity (Wildman–Crippen MR) is 97.3 cm³/mol. The molecule has 0 spiro atoms. The molecule has 1 aliphatic carbocycles. The van der Waals surface area contributed by atoms with Crippen LogP contribution in [0.15, 0.2) is 49.1 Å². The second kappa shape index (κ2) is 7.00. The minimum Gasteiger partial charge on any atom is -0.508 e. The molecule has 1 aromatic heterocycles. The van der Waals surface area contributed by atoms with Crippen LogP contribution in [0.2, 0.25) is 0 Å². The lowest BCUT2D eigenvalue weighted by Crippen LogP contribution is -2.24. The van der Waals surface area contributed by atoms with Gasteiger partial charge in [-0.25, -0.2) is 9.67 Å². The van der Waals surface area contributed by atoms with E-state index in [0.717, 1.165) is 30.5 Å². The summed E-state index contributed by atoms with van der Waals surface area (Å²) in [5.74, 6) is 0.0714. The van der Waals surface area contributed by atoms with Crippen LogP contribution in [-0.2, 0) is 19.4 Å². The molecule has 1 aliphatic rings. The largest absolute Gasteiger partial charge is 0.508 e. The molecule has 6 nitrogen and oxygen atoms in total. The molecule has 0 unspecified atom stereocenters. The van der Waals surface area contributed by atoms with E-state index in [1.54, 1.807) is 29.2 Å². The van der Waals surface area contributed by atoms with Crippen LogP contribution in [0.3, 0.4) is 0 Å². The molecule has 0 fully saturated rings. The highest BCUT2D eigenvalue weighted by atomic mass is 16.3. The summed E-state index contributed by atoms with van der Waals surface area (Å²) in [4.78, 5) is 16.5. The first kappa shape index (κ1) is 16.3. The SMILES string of the molecule is O=C(NCc1c(O)ccc2c1CCCC2)c1cccc(-n2cncn2)c1. The number of aromatic hydroxyl groups is 1. The normalized spacial score (nSPS) is 13.2. The number of nitrogens with one attached hydrogen (secondary N) is 1. The Labute approximate surface area is 151 Å². The number of fused-ring (bicyclic) bond motifs is 1. The summed E-state index contributed by atoms with van der Waals surface area (Å²) in [6.07, 6.45) is 7.34. The Morgan fingerprint density at radius 1 is 1.19 bits per heavy atom. The molecule has 26 heavy (non-hydrogen) atoms. The van der Waals surface area contributed by atoms with Gasteiger partial charge in [0.05, 0.1) is 5.69 Å². The van der Waals surface area contributed by atoms with Gasteiger partial charge in [0.25, 0.3) is 5.91 Å². The van der Waals surface area contributed by atoms with Gasteiger partial charge in [0.15, 0.2) is 0 Å². The maximum Gasteiger partial charge on any atom is 0.251 e. The lowest BCUT2D eigenvalue weighted by molar-refractivity contribution is 0.0950. The Balaban J connectivity index is 1.52. The molecule has 2 N–H and O–H groups in total. The van der Waals surface area contributed by atoms with Gasteiger partial charge < -0.3 is 10.4 Å². The lowest BCUT2D eigenvalue weighted by atomic mass is 9.87. The van der Waals surface area contributed by atoms with Crippen molar-refractivity contribution in [2.45, 2.75) is 32.2 Å². The summed E-state index contributed by atoms with van der Waals surface area (Å²) in [6.45, 7) is 0.321. The van der Waals surface area contributed by atoms with Crippen LogP contribution in [0.25, 0.3) is 5.69 Å². The number of carbonyl (C=O) groups is 1. The van der Waals surface area contributed by atoms with E-state index in [9.17, 15) is 9.90 Å². The Hall–Kier alpha value is -3.15. The van der Waals surface area contributed by atoms with E-state index in [1.807, 2.05) is 18.2 Å². The van der Waals surface area contributed by atoms with Crippen LogP contribution in [0.4, 0.5) is 0 Å². The van der Waals surface area contributed by atoms with Gasteiger partial charge in [-0.15, -0.1) is 0 Å². The zero-order valence-corrected chi connectivity index (χ0v) is 14.4. The number of aryl methyl sites for hydroxylation is 1. The van der Waals surface area contributed by atoms with Crippen molar-refractivity contribution in [2.75, 3.05) is 0 Å². The average Bonchev–Trinajstić information content (AvgIpc) is 3.22. The van der Waals surface area contributed by atoms with Crippen LogP contribution in [0.1, 0.15) is 39.9 Å². The summed E-state index contributed by atoms with van der Waals surface area (Å²) in [5.41, 5.74) is 4.62. The van der Waals surface area contributed by atoms with Crippen molar-refractivity contribution in [2.24, 2.45) is 0 Å². The summed E-state index contributed by atoms with van der Waals surface area (Å²) in [7, 11) is 0. The second-order valence-corrected chi connectivity index (χ2v) is 6.48. The number of benzene rings is 2. The summed E-state index contributed by atoms with van der Waals surface area (Å²) >= 11 is 0. The lowest BCUT2D eigenvalue weighted by Gasteiger charge is -2.20. The zero-order valence-electron chi connectivity index (χ0n) is 14.4. The standard InChI is InChI=1S/C20H20N4O2/c25-19-9-8-14-4-1-2-7-17(14)18(19)11-22-20(26)15-5-3-6-16(10-15)24-13-21-12-23-24/h3,5-6,8-10,12-13,25H,1-2,4,7,11H2,(H,22,26). The maximum absolute atomic E-state index is 12.6. The monoisotopic (exact) mass is 348 g/mol. The first-order valence-corrected chi connectivity index (χ1v) is 8.78. The number of amides is 1. The van der Waals surface area contributed by atoms with Crippen LogP contribution < -0.4 is 5.32 Å². The van der Waals surface area contributed by atoms with Crippen molar-refractivity contribution >= 4 is 5.91 Å². The predicted octanol–water partition coefficient (Wildman–Crippen LogP) is 2.78. The van der Waals surface area contributed by atoms with Gasteiger partial charge in [0, 0.05) is 17.7 Å². The number of phenols is 1. The molecule has 0 saturated heterocycles. The van der Waals surface area contributed by atoms with E-state index >= 15 is 0 Å². The van der Waals surface area contributed by atoms with E-state index in [0.29, 0.717) is 12.1 Å². The van der Waals surface area contributed by atoms with Crippen LogP contribution in [0.5, 0.6) is 5.75 Å². The molecule has 0 saturated carbocycles. The van der Waals surface area contributed by atoms with Gasteiger partial charge in [-0.2, -0.15) is 5.10 Å². The topological polar surface area (TPSA) is 80.0 Å². The Morgan fingerprint density at radius 3 is 2.92 bits per heavy atom. The van der Waals surface area contributed by atoms with Gasteiger partial charge in [-0.1, -0.05) is 12.1 Å². The van der Waals surface area contributed by atoms with Gasteiger partial charge >= 0.3 is 0 Å². The zero-order chi connectivity index (χ0) is 17.9. The van der Waals surface area contributed by atoms with Crippen LogP contribution in [-0.4, -0.2) is 25.8 Å². The van der Waals surface area contributed by atoms with Gasteiger partial charge in [0.2, 0.25) is 0 Å². The fraction of sp³-hybridized carbons (Fsp3) is 0.250. The number of phenolic OH excluding ortho intramolecular Hbond substituents is 1. The Morgan fingerprint density at radius 2 is 2.08 bits per heavy atom. The van der Waals surface area contributed by atoms with Gasteiger partial charge in [0.1, 0.15) is 18.4 Å². The van der Waals surface area contributed by atoms with E-state index < -0.39 is 0 Å². The molecule has 1 heterocycles.